The number of hydrogen-bond acceptors (Lipinski definition) is 7. The van der Waals surface area contributed by atoms with Crippen LogP contribution in [0.4, 0.5) is 0 Å². The van der Waals surface area contributed by atoms with Crippen molar-refractivity contribution >= 4 is 23.4 Å². The first-order chi connectivity index (χ1) is 14.7. The van der Waals surface area contributed by atoms with Gasteiger partial charge in [0.1, 0.15) is 0 Å². The molecule has 0 aliphatic heterocycles. The van der Waals surface area contributed by atoms with Crippen molar-refractivity contribution in [3.8, 4) is 17.2 Å². The SMILES string of the molecule is CCCOc1c(CNCCCSc2nnnn2-c2ccccc2)cc(Cl)cc1OC. The predicted octanol–water partition coefficient (Wildman–Crippen LogP) is 4.39. The number of para-hydroxylation sites is 1. The molecule has 0 spiro atoms. The number of methoxy groups -OCH3 is 1. The summed E-state index contributed by atoms with van der Waals surface area (Å²) < 4.78 is 13.1. The van der Waals surface area contributed by atoms with E-state index in [0.29, 0.717) is 23.9 Å². The topological polar surface area (TPSA) is 74.1 Å². The summed E-state index contributed by atoms with van der Waals surface area (Å²) >= 11 is 7.87. The standard InChI is InChI=1S/C21H26ClN5O2S/c1-3-11-29-20-16(13-17(22)14-19(20)28-2)15-23-10-7-12-30-21-24-25-26-27(21)18-8-5-4-6-9-18/h4-6,8-9,13-14,23H,3,7,10-12,15H2,1-2H3. The number of aromatic nitrogens is 4. The maximum Gasteiger partial charge on any atom is 0.214 e. The maximum atomic E-state index is 6.23. The van der Waals surface area contributed by atoms with Crippen molar-refractivity contribution in [1.29, 1.82) is 0 Å². The number of halogens is 1. The highest BCUT2D eigenvalue weighted by Crippen LogP contribution is 2.34. The van der Waals surface area contributed by atoms with E-state index in [4.69, 9.17) is 21.1 Å². The van der Waals surface area contributed by atoms with Crippen molar-refractivity contribution in [2.45, 2.75) is 31.5 Å². The average molecular weight is 448 g/mol. The van der Waals surface area contributed by atoms with E-state index in [1.807, 2.05) is 36.4 Å². The average Bonchev–Trinajstić information content (AvgIpc) is 3.24. The van der Waals surface area contributed by atoms with Crippen molar-refractivity contribution in [3.63, 3.8) is 0 Å². The summed E-state index contributed by atoms with van der Waals surface area (Å²) in [6, 6.07) is 13.6. The van der Waals surface area contributed by atoms with Crippen LogP contribution in [-0.2, 0) is 6.54 Å². The first-order valence-corrected chi connectivity index (χ1v) is 11.3. The second-order valence-electron chi connectivity index (χ2n) is 6.53. The van der Waals surface area contributed by atoms with E-state index >= 15 is 0 Å². The van der Waals surface area contributed by atoms with Crippen LogP contribution in [0.15, 0.2) is 47.6 Å². The summed E-state index contributed by atoms with van der Waals surface area (Å²) in [7, 11) is 1.63. The van der Waals surface area contributed by atoms with Crippen LogP contribution in [0.1, 0.15) is 25.3 Å². The number of nitrogens with zero attached hydrogens (tertiary/aromatic N) is 4. The second kappa shape index (κ2) is 11.8. The molecule has 0 radical (unpaired) electrons. The molecule has 0 fully saturated rings. The van der Waals surface area contributed by atoms with Crippen LogP contribution in [0, 0.1) is 0 Å². The quantitative estimate of drug-likeness (QED) is 0.326. The molecule has 2 aromatic carbocycles. The van der Waals surface area contributed by atoms with Gasteiger partial charge < -0.3 is 14.8 Å². The van der Waals surface area contributed by atoms with Crippen molar-refractivity contribution < 1.29 is 9.47 Å². The van der Waals surface area contributed by atoms with E-state index < -0.39 is 0 Å². The van der Waals surface area contributed by atoms with Gasteiger partial charge in [0.15, 0.2) is 11.5 Å². The molecule has 0 saturated carbocycles. The molecule has 0 atom stereocenters. The minimum absolute atomic E-state index is 0.635. The van der Waals surface area contributed by atoms with E-state index in [9.17, 15) is 0 Å². The fraction of sp³-hybridized carbons (Fsp3) is 0.381. The van der Waals surface area contributed by atoms with Gasteiger partial charge in [-0.15, -0.1) is 5.10 Å². The van der Waals surface area contributed by atoms with Gasteiger partial charge in [0, 0.05) is 29.0 Å². The zero-order chi connectivity index (χ0) is 21.2. The molecular formula is C21H26ClN5O2S. The molecular weight excluding hydrogens is 422 g/mol. The fourth-order valence-electron chi connectivity index (χ4n) is 2.86. The lowest BCUT2D eigenvalue weighted by Gasteiger charge is -2.16. The molecule has 30 heavy (non-hydrogen) atoms. The van der Waals surface area contributed by atoms with Gasteiger partial charge in [0.25, 0.3) is 0 Å². The Morgan fingerprint density at radius 3 is 2.80 bits per heavy atom. The van der Waals surface area contributed by atoms with Gasteiger partial charge in [-0.25, -0.2) is 0 Å². The molecule has 160 valence electrons. The van der Waals surface area contributed by atoms with Gasteiger partial charge in [0.2, 0.25) is 5.16 Å². The van der Waals surface area contributed by atoms with E-state index in [1.165, 1.54) is 0 Å². The Morgan fingerprint density at radius 1 is 1.20 bits per heavy atom. The number of benzene rings is 2. The first-order valence-electron chi connectivity index (χ1n) is 9.89. The molecule has 7 nitrogen and oxygen atoms in total. The highest BCUT2D eigenvalue weighted by atomic mass is 35.5. The van der Waals surface area contributed by atoms with Crippen molar-refractivity contribution in [1.82, 2.24) is 25.5 Å². The Morgan fingerprint density at radius 2 is 2.03 bits per heavy atom. The van der Waals surface area contributed by atoms with E-state index in [1.54, 1.807) is 29.6 Å². The molecule has 1 heterocycles. The molecule has 3 aromatic rings. The lowest BCUT2D eigenvalue weighted by atomic mass is 10.1. The number of ether oxygens (including phenoxy) is 2. The van der Waals surface area contributed by atoms with Gasteiger partial charge in [0.05, 0.1) is 19.4 Å². The summed E-state index contributed by atoms with van der Waals surface area (Å²) in [4.78, 5) is 0. The van der Waals surface area contributed by atoms with E-state index in [2.05, 4.69) is 27.8 Å². The number of hydrogen-bond donors (Lipinski definition) is 1. The summed E-state index contributed by atoms with van der Waals surface area (Å²) in [5.74, 6) is 2.32. The minimum Gasteiger partial charge on any atom is -0.493 e. The van der Waals surface area contributed by atoms with Crippen LogP contribution >= 0.6 is 23.4 Å². The summed E-state index contributed by atoms with van der Waals surface area (Å²) in [5.41, 5.74) is 1.95. The molecule has 0 aliphatic rings. The molecule has 0 aliphatic carbocycles. The van der Waals surface area contributed by atoms with Crippen molar-refractivity contribution in [2.24, 2.45) is 0 Å². The van der Waals surface area contributed by atoms with Gasteiger partial charge in [-0.1, -0.05) is 48.5 Å². The number of rotatable bonds is 12. The molecule has 1 N–H and O–H groups in total. The Labute approximate surface area is 186 Å². The zero-order valence-corrected chi connectivity index (χ0v) is 18.7. The monoisotopic (exact) mass is 447 g/mol. The third kappa shape index (κ3) is 6.10. The molecule has 9 heteroatoms. The summed E-state index contributed by atoms with van der Waals surface area (Å²) in [6.07, 6.45) is 1.90. The molecule has 3 rings (SSSR count). The lowest BCUT2D eigenvalue weighted by molar-refractivity contribution is 0.290. The predicted molar refractivity (Wildman–Crippen MR) is 120 cm³/mol. The molecule has 0 bridgehead atoms. The summed E-state index contributed by atoms with van der Waals surface area (Å²) in [5, 5.41) is 16.9. The van der Waals surface area contributed by atoms with Gasteiger partial charge in [-0.2, -0.15) is 4.68 Å². The third-order valence-electron chi connectivity index (χ3n) is 4.25. The van der Waals surface area contributed by atoms with Crippen LogP contribution in [0.2, 0.25) is 5.02 Å². The Hall–Kier alpha value is -2.29. The zero-order valence-electron chi connectivity index (χ0n) is 17.2. The normalized spacial score (nSPS) is 10.9. The highest BCUT2D eigenvalue weighted by Gasteiger charge is 2.13. The van der Waals surface area contributed by atoms with Crippen molar-refractivity contribution in [2.75, 3.05) is 26.0 Å². The van der Waals surface area contributed by atoms with Gasteiger partial charge in [-0.3, -0.25) is 0 Å². The van der Waals surface area contributed by atoms with Crippen LogP contribution in [0.5, 0.6) is 11.5 Å². The number of nitrogens with one attached hydrogen (secondary N) is 1. The Bertz CT molecular complexity index is 923. The van der Waals surface area contributed by atoms with E-state index in [0.717, 1.165) is 47.3 Å². The Kier molecular flexibility index (Phi) is 8.80. The third-order valence-corrected chi connectivity index (χ3v) is 5.48. The lowest BCUT2D eigenvalue weighted by Crippen LogP contribution is -2.16. The largest absolute Gasteiger partial charge is 0.493 e. The van der Waals surface area contributed by atoms with Gasteiger partial charge in [-0.05, 0) is 48.0 Å². The van der Waals surface area contributed by atoms with Crippen LogP contribution < -0.4 is 14.8 Å². The number of thioether (sulfide) groups is 1. The molecule has 0 saturated heterocycles. The van der Waals surface area contributed by atoms with Gasteiger partial charge >= 0.3 is 0 Å². The van der Waals surface area contributed by atoms with Crippen LogP contribution in [0.25, 0.3) is 5.69 Å². The van der Waals surface area contributed by atoms with Crippen LogP contribution in [-0.4, -0.2) is 46.2 Å². The van der Waals surface area contributed by atoms with E-state index in [-0.39, 0.29) is 0 Å². The van der Waals surface area contributed by atoms with Crippen molar-refractivity contribution in [3.05, 3.63) is 53.1 Å². The molecule has 1 aromatic heterocycles. The Balaban J connectivity index is 1.48. The van der Waals surface area contributed by atoms with Crippen LogP contribution in [0.3, 0.4) is 0 Å². The highest BCUT2D eigenvalue weighted by molar-refractivity contribution is 7.99. The maximum absolute atomic E-state index is 6.23. The number of tetrazole rings is 1. The first kappa shape index (κ1) is 22.4. The molecule has 0 unspecified atom stereocenters. The minimum atomic E-state index is 0.635. The summed E-state index contributed by atoms with van der Waals surface area (Å²) in [6.45, 7) is 4.22. The fourth-order valence-corrected chi connectivity index (χ4v) is 3.92. The second-order valence-corrected chi connectivity index (χ2v) is 8.03. The smallest absolute Gasteiger partial charge is 0.214 e. The molecule has 0 amide bonds.